The molecular weight excluding hydrogens is 558 g/mol. The Morgan fingerprint density at radius 2 is 1.62 bits per heavy atom. The highest BCUT2D eigenvalue weighted by Crippen LogP contribution is 2.31. The number of piperazine rings is 1. The highest BCUT2D eigenvalue weighted by Gasteiger charge is 2.30. The molecule has 39 heavy (non-hydrogen) atoms. The number of sulfonamides is 1. The van der Waals surface area contributed by atoms with Crippen molar-refractivity contribution in [3.63, 3.8) is 0 Å². The van der Waals surface area contributed by atoms with Crippen LogP contribution in [0.4, 0.5) is 22.6 Å². The minimum Gasteiger partial charge on any atom is -0.505 e. The first-order valence-electron chi connectivity index (χ1n) is 11.9. The minimum atomic E-state index is -4.31. The first-order chi connectivity index (χ1) is 18.3. The van der Waals surface area contributed by atoms with E-state index in [1.807, 2.05) is 0 Å². The van der Waals surface area contributed by atoms with Gasteiger partial charge in [-0.3, -0.25) is 4.79 Å². The van der Waals surface area contributed by atoms with E-state index in [9.17, 15) is 30.8 Å². The minimum absolute atomic E-state index is 0.0321. The van der Waals surface area contributed by atoms with E-state index in [-0.39, 0.29) is 22.8 Å². The zero-order valence-electron chi connectivity index (χ0n) is 21.3. The lowest BCUT2D eigenvalue weighted by Crippen LogP contribution is -2.48. The summed E-state index contributed by atoms with van der Waals surface area (Å²) in [7, 11) is -3.70. The zero-order chi connectivity index (χ0) is 28.8. The molecule has 1 aliphatic rings. The number of aromatic hydroxyl groups is 1. The third-order valence-electron chi connectivity index (χ3n) is 6.07. The number of phenolic OH excluding ortho intramolecular Hbond substituents is 1. The summed E-state index contributed by atoms with van der Waals surface area (Å²) in [5, 5.41) is 12.3. The van der Waals surface area contributed by atoms with Crippen molar-refractivity contribution in [3.8, 4) is 5.75 Å². The summed E-state index contributed by atoms with van der Waals surface area (Å²) < 4.78 is 76.9. The van der Waals surface area contributed by atoms with Crippen molar-refractivity contribution < 1.29 is 35.9 Å². The molecule has 0 aliphatic carbocycles. The number of phenols is 1. The van der Waals surface area contributed by atoms with Crippen molar-refractivity contribution in [1.82, 2.24) is 9.62 Å². The monoisotopic (exact) mass is 587 g/mol. The van der Waals surface area contributed by atoms with Gasteiger partial charge in [-0.25, -0.2) is 12.8 Å². The number of nitrogens with zero attached hydrogens (tertiary/aromatic N) is 2. The molecule has 4 rings (SSSR count). The third-order valence-corrected chi connectivity index (χ3v) is 9.20. The van der Waals surface area contributed by atoms with E-state index in [0.717, 1.165) is 5.00 Å². The fourth-order valence-electron chi connectivity index (χ4n) is 3.84. The van der Waals surface area contributed by atoms with Crippen LogP contribution >= 0.6 is 11.3 Å². The van der Waals surface area contributed by atoms with E-state index in [4.69, 9.17) is 5.11 Å². The van der Waals surface area contributed by atoms with Crippen molar-refractivity contribution in [2.24, 2.45) is 0 Å². The average molecular weight is 588 g/mol. The summed E-state index contributed by atoms with van der Waals surface area (Å²) >= 11 is 1.70. The van der Waals surface area contributed by atoms with E-state index < -0.39 is 28.4 Å². The summed E-state index contributed by atoms with van der Waals surface area (Å²) in [4.78, 5) is 13.3. The molecule has 0 saturated carbocycles. The Bertz CT molecular complexity index is 1350. The number of nitrogens with one attached hydrogen (secondary N) is 1. The number of carbonyl (C=O) groups excluding carboxylic acids is 1. The van der Waals surface area contributed by atoms with Gasteiger partial charge in [0, 0.05) is 37.6 Å². The van der Waals surface area contributed by atoms with Gasteiger partial charge < -0.3 is 15.3 Å². The first-order valence-corrected chi connectivity index (χ1v) is 14.2. The van der Waals surface area contributed by atoms with Crippen LogP contribution in [0.2, 0.25) is 0 Å². The van der Waals surface area contributed by atoms with Crippen LogP contribution in [0, 0.1) is 19.7 Å². The maximum absolute atomic E-state index is 12.8. The Kier molecular flexibility index (Phi) is 9.97. The van der Waals surface area contributed by atoms with E-state index in [1.54, 1.807) is 11.3 Å². The fraction of sp³-hybridized carbons (Fsp3) is 0.346. The standard InChI is InChI=1S/C18H21F3N2O2S2.C8H8FNO2/c1-13-11-17(26-14(13)2)22-7-9-23(10-8-22)27(24,25)16-5-3-15(4-6-16)12-18(19,20)21;9-7-3-6(4-10-5-11)1-2-8(7)12/h3-6,11H,7-10,12H2,1-2H3;1-3,5,12H,4H2,(H,10,11). The van der Waals surface area contributed by atoms with Gasteiger partial charge in [0.05, 0.1) is 16.3 Å². The summed E-state index contributed by atoms with van der Waals surface area (Å²) in [6.45, 7) is 6.26. The molecule has 2 heterocycles. The molecule has 7 nitrogen and oxygen atoms in total. The lowest BCUT2D eigenvalue weighted by Gasteiger charge is -2.34. The molecule has 2 aromatic carbocycles. The van der Waals surface area contributed by atoms with Crippen LogP contribution in [0.15, 0.2) is 53.4 Å². The van der Waals surface area contributed by atoms with Crippen molar-refractivity contribution in [1.29, 1.82) is 0 Å². The second-order valence-electron chi connectivity index (χ2n) is 8.94. The van der Waals surface area contributed by atoms with Crippen LogP contribution in [0.3, 0.4) is 0 Å². The SMILES string of the molecule is Cc1cc(N2CCN(S(=O)(=O)c3ccc(CC(F)(F)F)cc3)CC2)sc1C.O=CNCc1ccc(O)c(F)c1. The highest BCUT2D eigenvalue weighted by atomic mass is 32.2. The van der Waals surface area contributed by atoms with Gasteiger partial charge >= 0.3 is 6.18 Å². The van der Waals surface area contributed by atoms with Gasteiger partial charge in [-0.2, -0.15) is 17.5 Å². The predicted molar refractivity (Wildman–Crippen MR) is 142 cm³/mol. The lowest BCUT2D eigenvalue weighted by atomic mass is 10.1. The Balaban J connectivity index is 0.000000293. The number of carbonyl (C=O) groups is 1. The quantitative estimate of drug-likeness (QED) is 0.308. The number of hydrogen-bond donors (Lipinski definition) is 2. The number of aryl methyl sites for hydroxylation is 2. The van der Waals surface area contributed by atoms with Crippen LogP contribution in [0.1, 0.15) is 21.6 Å². The summed E-state index contributed by atoms with van der Waals surface area (Å²) in [6, 6.07) is 11.0. The van der Waals surface area contributed by atoms with E-state index >= 15 is 0 Å². The van der Waals surface area contributed by atoms with Crippen molar-refractivity contribution in [2.45, 2.75) is 37.9 Å². The highest BCUT2D eigenvalue weighted by molar-refractivity contribution is 7.89. The Morgan fingerprint density at radius 1 is 1.00 bits per heavy atom. The number of halogens is 4. The molecular formula is C26H29F4N3O4S2. The second-order valence-corrected chi connectivity index (χ2v) is 12.1. The van der Waals surface area contributed by atoms with Gasteiger partial charge in [-0.05, 0) is 60.9 Å². The molecule has 0 radical (unpaired) electrons. The number of hydrogen-bond acceptors (Lipinski definition) is 6. The molecule has 0 atom stereocenters. The third kappa shape index (κ3) is 8.41. The average Bonchev–Trinajstić information content (AvgIpc) is 3.22. The molecule has 1 aromatic heterocycles. The maximum atomic E-state index is 12.8. The number of thiophene rings is 1. The van der Waals surface area contributed by atoms with E-state index in [0.29, 0.717) is 38.2 Å². The lowest BCUT2D eigenvalue weighted by molar-refractivity contribution is -0.127. The molecule has 0 unspecified atom stereocenters. The van der Waals surface area contributed by atoms with Crippen LogP contribution in [-0.2, 0) is 27.8 Å². The molecule has 212 valence electrons. The van der Waals surface area contributed by atoms with Gasteiger partial charge in [0.15, 0.2) is 11.6 Å². The topological polar surface area (TPSA) is 90.0 Å². The second kappa shape index (κ2) is 12.8. The van der Waals surface area contributed by atoms with Crippen molar-refractivity contribution in [2.75, 3.05) is 31.1 Å². The first kappa shape index (κ1) is 30.4. The summed E-state index contributed by atoms with van der Waals surface area (Å²) in [5.74, 6) is -1.06. The molecule has 3 aromatic rings. The van der Waals surface area contributed by atoms with Gasteiger partial charge in [0.1, 0.15) is 0 Å². The van der Waals surface area contributed by atoms with Crippen molar-refractivity contribution >= 4 is 32.8 Å². The number of benzene rings is 2. The largest absolute Gasteiger partial charge is 0.505 e. The van der Waals surface area contributed by atoms with Gasteiger partial charge in [-0.15, -0.1) is 11.3 Å². The van der Waals surface area contributed by atoms with Gasteiger partial charge in [-0.1, -0.05) is 18.2 Å². The molecule has 2 N–H and O–H groups in total. The maximum Gasteiger partial charge on any atom is 0.393 e. The number of anilines is 1. The number of amides is 1. The van der Waals surface area contributed by atoms with Gasteiger partial charge in [0.2, 0.25) is 16.4 Å². The Hall–Kier alpha value is -3.16. The van der Waals surface area contributed by atoms with Crippen molar-refractivity contribution in [3.05, 3.63) is 75.9 Å². The number of rotatable bonds is 7. The van der Waals surface area contributed by atoms with E-state index in [2.05, 4.69) is 30.1 Å². The molecule has 0 spiro atoms. The van der Waals surface area contributed by atoms with Crippen LogP contribution in [0.25, 0.3) is 0 Å². The Morgan fingerprint density at radius 3 is 2.13 bits per heavy atom. The molecule has 13 heteroatoms. The van der Waals surface area contributed by atoms with Gasteiger partial charge in [0.25, 0.3) is 0 Å². The molecule has 1 saturated heterocycles. The predicted octanol–water partition coefficient (Wildman–Crippen LogP) is 4.76. The summed E-state index contributed by atoms with van der Waals surface area (Å²) in [6.07, 6.45) is -4.84. The molecule has 1 aliphatic heterocycles. The van der Waals surface area contributed by atoms with Crippen LogP contribution in [0.5, 0.6) is 5.75 Å². The molecule has 0 bridgehead atoms. The van der Waals surface area contributed by atoms with Crippen LogP contribution < -0.4 is 10.2 Å². The Labute approximate surface area is 228 Å². The molecule has 1 amide bonds. The summed E-state index contributed by atoms with van der Waals surface area (Å²) in [5.41, 5.74) is 1.89. The normalized spacial score (nSPS) is 14.5. The number of alkyl halides is 3. The zero-order valence-corrected chi connectivity index (χ0v) is 23.0. The van der Waals surface area contributed by atoms with Crippen LogP contribution in [-0.4, -0.2) is 56.6 Å². The smallest absolute Gasteiger partial charge is 0.393 e. The fourth-order valence-corrected chi connectivity index (χ4v) is 6.34. The molecule has 1 fully saturated rings. The van der Waals surface area contributed by atoms with E-state index in [1.165, 1.54) is 57.2 Å².